The number of allylic oxidation sites excluding steroid dienone is 1. The molecule has 0 aliphatic rings. The second kappa shape index (κ2) is 13.8. The van der Waals surface area contributed by atoms with Crippen LogP contribution in [0.25, 0.3) is 6.08 Å². The summed E-state index contributed by atoms with van der Waals surface area (Å²) in [6.07, 6.45) is 10.1. The lowest BCUT2D eigenvalue weighted by Crippen LogP contribution is -2.13. The SMILES string of the molecule is C=C(/C=C\c1c(C)[nH]c(CC)c1NC(=O)c1ccc(C(CCC)CCCC)cc1)Nc1ccc(F)cc1F. The Kier molecular flexibility index (Phi) is 10.5. The van der Waals surface area contributed by atoms with Crippen LogP contribution in [0.5, 0.6) is 0 Å². The van der Waals surface area contributed by atoms with Gasteiger partial charge < -0.3 is 15.6 Å². The van der Waals surface area contributed by atoms with Gasteiger partial charge in [-0.25, -0.2) is 8.78 Å². The Labute approximate surface area is 225 Å². The van der Waals surface area contributed by atoms with E-state index in [-0.39, 0.29) is 11.6 Å². The Morgan fingerprint density at radius 2 is 1.76 bits per heavy atom. The van der Waals surface area contributed by atoms with Gasteiger partial charge in [0.1, 0.15) is 11.6 Å². The summed E-state index contributed by atoms with van der Waals surface area (Å²) >= 11 is 0. The summed E-state index contributed by atoms with van der Waals surface area (Å²) in [4.78, 5) is 16.6. The van der Waals surface area contributed by atoms with Crippen LogP contribution in [0.15, 0.2) is 60.8 Å². The average Bonchev–Trinajstić information content (AvgIpc) is 3.20. The number of aromatic amines is 1. The Morgan fingerprint density at radius 3 is 2.39 bits per heavy atom. The molecule has 1 amide bonds. The number of carbonyl (C=O) groups is 1. The highest BCUT2D eigenvalue weighted by molar-refractivity contribution is 6.06. The summed E-state index contributed by atoms with van der Waals surface area (Å²) < 4.78 is 27.2. The van der Waals surface area contributed by atoms with Gasteiger partial charge in [-0.1, -0.05) is 58.7 Å². The number of anilines is 2. The molecule has 0 radical (unpaired) electrons. The van der Waals surface area contributed by atoms with E-state index in [1.54, 1.807) is 6.08 Å². The molecule has 3 rings (SSSR count). The Morgan fingerprint density at radius 1 is 1.03 bits per heavy atom. The number of rotatable bonds is 13. The molecule has 6 heteroatoms. The Balaban J connectivity index is 1.77. The molecule has 0 bridgehead atoms. The zero-order valence-corrected chi connectivity index (χ0v) is 22.9. The van der Waals surface area contributed by atoms with E-state index in [0.29, 0.717) is 29.3 Å². The largest absolute Gasteiger partial charge is 0.360 e. The summed E-state index contributed by atoms with van der Waals surface area (Å²) in [5, 5.41) is 5.94. The average molecular weight is 520 g/mol. The molecule has 4 nitrogen and oxygen atoms in total. The molecule has 0 saturated carbocycles. The first kappa shape index (κ1) is 28.9. The first-order valence-corrected chi connectivity index (χ1v) is 13.5. The molecule has 1 heterocycles. The van der Waals surface area contributed by atoms with E-state index < -0.39 is 11.6 Å². The fourth-order valence-electron chi connectivity index (χ4n) is 4.68. The number of nitrogens with one attached hydrogen (secondary N) is 3. The van der Waals surface area contributed by atoms with E-state index in [1.165, 1.54) is 37.0 Å². The quantitative estimate of drug-likeness (QED) is 0.197. The third-order valence-electron chi connectivity index (χ3n) is 6.77. The van der Waals surface area contributed by atoms with Gasteiger partial charge in [0, 0.05) is 34.3 Å². The highest BCUT2D eigenvalue weighted by Crippen LogP contribution is 2.30. The predicted molar refractivity (Wildman–Crippen MR) is 155 cm³/mol. The van der Waals surface area contributed by atoms with Crippen LogP contribution in [0.1, 0.15) is 91.7 Å². The smallest absolute Gasteiger partial charge is 0.255 e. The van der Waals surface area contributed by atoms with Crippen molar-refractivity contribution in [3.05, 3.63) is 101 Å². The Bertz CT molecular complexity index is 1270. The van der Waals surface area contributed by atoms with E-state index in [4.69, 9.17) is 0 Å². The van der Waals surface area contributed by atoms with Crippen molar-refractivity contribution in [3.8, 4) is 0 Å². The lowest BCUT2D eigenvalue weighted by atomic mass is 9.89. The first-order chi connectivity index (χ1) is 18.3. The number of unbranched alkanes of at least 4 members (excludes halogenated alkanes) is 1. The first-order valence-electron chi connectivity index (χ1n) is 13.5. The van der Waals surface area contributed by atoms with Crippen molar-refractivity contribution in [2.45, 2.75) is 72.1 Å². The third-order valence-corrected chi connectivity index (χ3v) is 6.77. The number of carbonyl (C=O) groups excluding carboxylic acids is 1. The van der Waals surface area contributed by atoms with Gasteiger partial charge >= 0.3 is 0 Å². The van der Waals surface area contributed by atoms with Gasteiger partial charge in [0.2, 0.25) is 0 Å². The lowest BCUT2D eigenvalue weighted by Gasteiger charge is -2.17. The molecule has 0 fully saturated rings. The van der Waals surface area contributed by atoms with Crippen molar-refractivity contribution in [2.75, 3.05) is 10.6 Å². The van der Waals surface area contributed by atoms with E-state index in [2.05, 4.69) is 48.2 Å². The second-order valence-corrected chi connectivity index (χ2v) is 9.68. The molecule has 3 aromatic rings. The number of amides is 1. The predicted octanol–water partition coefficient (Wildman–Crippen LogP) is 9.13. The number of halogens is 2. The lowest BCUT2D eigenvalue weighted by molar-refractivity contribution is 0.102. The van der Waals surface area contributed by atoms with Gasteiger partial charge in [-0.15, -0.1) is 0 Å². The maximum Gasteiger partial charge on any atom is 0.255 e. The standard InChI is InChI=1S/C32H39F2N3O/c1-6-9-11-23(10-7-2)24-13-15-25(16-14-24)32(38)37-31-27(22(5)36-29(31)8-3)18-12-21(4)35-30-19-17-26(33)20-28(30)34/h12-20,23,35-36H,4,6-11H2,1-3,5H3,(H,37,38)/b18-12-. The van der Waals surface area contributed by atoms with Crippen molar-refractivity contribution in [1.82, 2.24) is 4.98 Å². The van der Waals surface area contributed by atoms with Crippen molar-refractivity contribution < 1.29 is 13.6 Å². The van der Waals surface area contributed by atoms with Gasteiger partial charge in [0.25, 0.3) is 5.91 Å². The highest BCUT2D eigenvalue weighted by Gasteiger charge is 2.17. The topological polar surface area (TPSA) is 56.9 Å². The second-order valence-electron chi connectivity index (χ2n) is 9.68. The summed E-state index contributed by atoms with van der Waals surface area (Å²) in [6.45, 7) is 12.3. The minimum absolute atomic E-state index is 0.133. The molecule has 0 saturated heterocycles. The van der Waals surface area contributed by atoms with Crippen molar-refractivity contribution >= 4 is 23.4 Å². The maximum absolute atomic E-state index is 14.0. The van der Waals surface area contributed by atoms with Crippen molar-refractivity contribution in [2.24, 2.45) is 0 Å². The van der Waals surface area contributed by atoms with Crippen LogP contribution in [-0.4, -0.2) is 10.9 Å². The van der Waals surface area contributed by atoms with Gasteiger partial charge in [0.15, 0.2) is 0 Å². The normalized spacial score (nSPS) is 12.1. The molecule has 1 aromatic heterocycles. The molecule has 1 atom stereocenters. The summed E-state index contributed by atoms with van der Waals surface area (Å²) in [7, 11) is 0. The molecule has 38 heavy (non-hydrogen) atoms. The van der Waals surface area contributed by atoms with E-state index in [1.807, 2.05) is 32.1 Å². The minimum Gasteiger partial charge on any atom is -0.360 e. The van der Waals surface area contributed by atoms with Crippen LogP contribution in [0.3, 0.4) is 0 Å². The Hall–Kier alpha value is -3.67. The minimum atomic E-state index is -0.698. The number of aromatic nitrogens is 1. The number of hydrogen-bond acceptors (Lipinski definition) is 2. The molecule has 0 spiro atoms. The zero-order chi connectivity index (χ0) is 27.7. The number of aryl methyl sites for hydroxylation is 2. The summed E-state index contributed by atoms with van der Waals surface area (Å²) in [5.41, 5.74) is 5.78. The summed E-state index contributed by atoms with van der Waals surface area (Å²) in [5.74, 6) is -0.990. The molecular formula is C32H39F2N3O. The van der Waals surface area contributed by atoms with Crippen LogP contribution in [0, 0.1) is 18.6 Å². The molecule has 3 N–H and O–H groups in total. The van der Waals surface area contributed by atoms with Crippen molar-refractivity contribution in [3.63, 3.8) is 0 Å². The fourth-order valence-corrected chi connectivity index (χ4v) is 4.68. The summed E-state index contributed by atoms with van der Waals surface area (Å²) in [6, 6.07) is 11.3. The molecule has 1 unspecified atom stereocenters. The molecule has 0 aliphatic carbocycles. The number of hydrogen-bond donors (Lipinski definition) is 3. The fraction of sp³-hybridized carbons (Fsp3) is 0.344. The van der Waals surface area contributed by atoms with E-state index in [9.17, 15) is 13.6 Å². The molecule has 0 aliphatic heterocycles. The van der Waals surface area contributed by atoms with Gasteiger partial charge in [0.05, 0.1) is 11.4 Å². The van der Waals surface area contributed by atoms with Gasteiger partial charge in [-0.2, -0.15) is 0 Å². The van der Waals surface area contributed by atoms with E-state index in [0.717, 1.165) is 35.9 Å². The number of benzene rings is 2. The zero-order valence-electron chi connectivity index (χ0n) is 22.9. The molecular weight excluding hydrogens is 480 g/mol. The van der Waals surface area contributed by atoms with Crippen molar-refractivity contribution in [1.29, 1.82) is 0 Å². The molecule has 202 valence electrons. The monoisotopic (exact) mass is 519 g/mol. The number of H-pyrrole nitrogens is 1. The highest BCUT2D eigenvalue weighted by atomic mass is 19.1. The van der Waals surface area contributed by atoms with Crippen LogP contribution in [-0.2, 0) is 6.42 Å². The molecule has 2 aromatic carbocycles. The third kappa shape index (κ3) is 7.44. The van der Waals surface area contributed by atoms with Crippen LogP contribution in [0.4, 0.5) is 20.2 Å². The van der Waals surface area contributed by atoms with Crippen LogP contribution in [0.2, 0.25) is 0 Å². The van der Waals surface area contributed by atoms with Gasteiger partial charge in [-0.3, -0.25) is 4.79 Å². The van der Waals surface area contributed by atoms with Crippen LogP contribution >= 0.6 is 0 Å². The van der Waals surface area contributed by atoms with Crippen LogP contribution < -0.4 is 10.6 Å². The van der Waals surface area contributed by atoms with E-state index >= 15 is 0 Å². The maximum atomic E-state index is 14.0. The van der Waals surface area contributed by atoms with Gasteiger partial charge in [-0.05, 0) is 74.1 Å².